The van der Waals surface area contributed by atoms with Crippen LogP contribution in [-0.4, -0.2) is 11.6 Å². The first-order valence-electron chi connectivity index (χ1n) is 18.6. The van der Waals surface area contributed by atoms with Gasteiger partial charge in [-0.3, -0.25) is 0 Å². The van der Waals surface area contributed by atoms with Gasteiger partial charge in [0.05, 0.1) is 11.0 Å². The Balaban J connectivity index is 1.05. The van der Waals surface area contributed by atoms with E-state index in [0.717, 1.165) is 23.4 Å². The summed E-state index contributed by atoms with van der Waals surface area (Å²) in [6, 6.07) is 68.3. The van der Waals surface area contributed by atoms with E-state index in [2.05, 4.69) is 211 Å². The summed E-state index contributed by atoms with van der Waals surface area (Å²) in [5, 5.41) is 2.50. The zero-order valence-corrected chi connectivity index (χ0v) is 30.2. The summed E-state index contributed by atoms with van der Waals surface area (Å²) in [6.45, 7) is 4.53. The molecule has 0 N–H and O–H groups in total. The first-order valence-corrected chi connectivity index (χ1v) is 18.6. The molecule has 0 amide bonds. The third kappa shape index (κ3) is 5.26. The molecule has 0 saturated heterocycles. The van der Waals surface area contributed by atoms with E-state index in [0.29, 0.717) is 0 Å². The van der Waals surface area contributed by atoms with E-state index in [9.17, 15) is 0 Å². The summed E-state index contributed by atoms with van der Waals surface area (Å²) in [7, 11) is 2.19. The van der Waals surface area contributed by atoms with Crippen LogP contribution >= 0.6 is 0 Å². The maximum Gasteiger partial charge on any atom is 0.0541 e. The Morgan fingerprint density at radius 3 is 2.00 bits per heavy atom. The zero-order valence-electron chi connectivity index (χ0n) is 30.2. The van der Waals surface area contributed by atoms with Crippen LogP contribution in [0.25, 0.3) is 66.4 Å². The summed E-state index contributed by atoms with van der Waals surface area (Å²) in [6.07, 6.45) is 0.833. The quantitative estimate of drug-likeness (QED) is 0.162. The number of fused-ring (bicyclic) bond motifs is 6. The fourth-order valence-corrected chi connectivity index (χ4v) is 8.54. The van der Waals surface area contributed by atoms with Crippen molar-refractivity contribution in [1.82, 2.24) is 4.57 Å². The molecular formula is C52H38N2. The third-order valence-electron chi connectivity index (χ3n) is 11.2. The number of para-hydroxylation sites is 2. The summed E-state index contributed by atoms with van der Waals surface area (Å²) >= 11 is 0. The largest absolute Gasteiger partial charge is 0.344 e. The van der Waals surface area contributed by atoms with Crippen LogP contribution in [0.15, 0.2) is 195 Å². The lowest BCUT2D eigenvalue weighted by Gasteiger charge is -2.25. The van der Waals surface area contributed by atoms with Gasteiger partial charge in [0.15, 0.2) is 0 Å². The first kappa shape index (κ1) is 31.8. The van der Waals surface area contributed by atoms with E-state index in [4.69, 9.17) is 0 Å². The molecule has 54 heavy (non-hydrogen) atoms. The van der Waals surface area contributed by atoms with Gasteiger partial charge in [-0.05, 0) is 111 Å². The molecule has 0 spiro atoms. The maximum absolute atomic E-state index is 4.53. The number of nitrogens with zero attached hydrogens (tertiary/aromatic N) is 2. The Bertz CT molecular complexity index is 2880. The molecule has 0 bridgehead atoms. The number of rotatable bonds is 7. The van der Waals surface area contributed by atoms with Crippen LogP contribution in [0.3, 0.4) is 0 Å². The molecule has 1 heterocycles. The highest BCUT2D eigenvalue weighted by Crippen LogP contribution is 2.46. The summed E-state index contributed by atoms with van der Waals surface area (Å²) < 4.78 is 2.37. The number of benzene rings is 8. The van der Waals surface area contributed by atoms with E-state index in [1.54, 1.807) is 0 Å². The summed E-state index contributed by atoms with van der Waals surface area (Å²) in [5.74, 6) is 0. The van der Waals surface area contributed by atoms with Gasteiger partial charge in [0.2, 0.25) is 0 Å². The van der Waals surface area contributed by atoms with Crippen molar-refractivity contribution in [2.24, 2.45) is 0 Å². The van der Waals surface area contributed by atoms with Crippen molar-refractivity contribution < 1.29 is 0 Å². The van der Waals surface area contributed by atoms with Crippen LogP contribution in [0.5, 0.6) is 0 Å². The van der Waals surface area contributed by atoms with Crippen LogP contribution in [0, 0.1) is 0 Å². The molecule has 8 aromatic carbocycles. The molecule has 0 radical (unpaired) electrons. The first-order chi connectivity index (χ1) is 26.6. The minimum atomic E-state index is 0.833. The van der Waals surface area contributed by atoms with Gasteiger partial charge in [-0.2, -0.15) is 0 Å². The van der Waals surface area contributed by atoms with Crippen molar-refractivity contribution in [3.8, 4) is 39.1 Å². The molecule has 9 aromatic rings. The van der Waals surface area contributed by atoms with Crippen molar-refractivity contribution in [2.45, 2.75) is 6.42 Å². The van der Waals surface area contributed by atoms with Crippen molar-refractivity contribution in [3.05, 3.63) is 217 Å². The lowest BCUT2D eigenvalue weighted by Crippen LogP contribution is -2.11. The molecule has 0 unspecified atom stereocenters. The average molecular weight is 691 g/mol. The monoisotopic (exact) mass is 690 g/mol. The van der Waals surface area contributed by atoms with Gasteiger partial charge in [0, 0.05) is 40.4 Å². The van der Waals surface area contributed by atoms with Crippen LogP contribution in [0.1, 0.15) is 22.3 Å². The molecule has 10 rings (SSSR count). The molecule has 0 saturated carbocycles. The van der Waals surface area contributed by atoms with E-state index in [1.165, 1.54) is 83.1 Å². The maximum atomic E-state index is 4.53. The Kier molecular flexibility index (Phi) is 7.63. The van der Waals surface area contributed by atoms with Crippen LogP contribution in [0.4, 0.5) is 11.4 Å². The molecular weight excluding hydrogens is 653 g/mol. The highest BCUT2D eigenvalue weighted by atomic mass is 15.1. The minimum absolute atomic E-state index is 0.833. The Labute approximate surface area is 316 Å². The molecule has 2 heteroatoms. The van der Waals surface area contributed by atoms with Crippen LogP contribution < -0.4 is 4.90 Å². The van der Waals surface area contributed by atoms with Gasteiger partial charge < -0.3 is 9.47 Å². The van der Waals surface area contributed by atoms with Gasteiger partial charge in [-0.25, -0.2) is 0 Å². The van der Waals surface area contributed by atoms with Crippen molar-refractivity contribution in [3.63, 3.8) is 0 Å². The fourth-order valence-electron chi connectivity index (χ4n) is 8.54. The number of hydrogen-bond acceptors (Lipinski definition) is 1. The molecule has 0 aliphatic heterocycles. The molecule has 256 valence electrons. The molecule has 1 aliphatic carbocycles. The van der Waals surface area contributed by atoms with Gasteiger partial charge >= 0.3 is 0 Å². The summed E-state index contributed by atoms with van der Waals surface area (Å²) in [5.41, 5.74) is 19.5. The number of hydrogen-bond donors (Lipinski definition) is 0. The van der Waals surface area contributed by atoms with E-state index < -0.39 is 0 Å². The molecule has 2 nitrogen and oxygen atoms in total. The zero-order chi connectivity index (χ0) is 36.2. The molecule has 0 fully saturated rings. The highest BCUT2D eigenvalue weighted by molar-refractivity contribution is 6.10. The smallest absolute Gasteiger partial charge is 0.0541 e. The molecule has 0 atom stereocenters. The standard InChI is InChI=1S/C52H38N2/c1-35-43-22-9-10-23-45(43)47-25-14-18-40(52(35)47)31-36-15-13-21-42(32-36)53(2)51-34-39(27-29-44(51)37-16-5-3-6-17-37)38-28-30-50-48(33-38)46-24-11-12-26-49(46)54(50)41-19-7-4-8-20-41/h3-30,32-34H,1,31H2,2H3. The topological polar surface area (TPSA) is 8.17 Å². The second-order valence-corrected chi connectivity index (χ2v) is 14.3. The fraction of sp³-hybridized carbons (Fsp3) is 0.0385. The normalized spacial score (nSPS) is 11.9. The predicted octanol–water partition coefficient (Wildman–Crippen LogP) is 13.5. The van der Waals surface area contributed by atoms with Crippen LogP contribution in [-0.2, 0) is 6.42 Å². The highest BCUT2D eigenvalue weighted by Gasteiger charge is 2.24. The number of anilines is 2. The van der Waals surface area contributed by atoms with E-state index >= 15 is 0 Å². The van der Waals surface area contributed by atoms with Crippen molar-refractivity contribution in [1.29, 1.82) is 0 Å². The third-order valence-corrected chi connectivity index (χ3v) is 11.2. The van der Waals surface area contributed by atoms with E-state index in [1.807, 2.05) is 0 Å². The lowest BCUT2D eigenvalue weighted by atomic mass is 9.94. The van der Waals surface area contributed by atoms with Crippen molar-refractivity contribution >= 4 is 38.8 Å². The molecule has 1 aliphatic rings. The van der Waals surface area contributed by atoms with Gasteiger partial charge in [0.1, 0.15) is 0 Å². The lowest BCUT2D eigenvalue weighted by molar-refractivity contribution is 1.16. The second-order valence-electron chi connectivity index (χ2n) is 14.3. The van der Waals surface area contributed by atoms with Gasteiger partial charge in [0.25, 0.3) is 0 Å². The van der Waals surface area contributed by atoms with Crippen molar-refractivity contribution in [2.75, 3.05) is 11.9 Å². The Morgan fingerprint density at radius 2 is 1.15 bits per heavy atom. The second kappa shape index (κ2) is 12.9. The Hall–Kier alpha value is -6.90. The van der Waals surface area contributed by atoms with Gasteiger partial charge in [-0.15, -0.1) is 0 Å². The SMILES string of the molecule is C=C1c2ccccc2-c2cccc(Cc3cccc(N(C)c4cc(-c5ccc6c(c5)c5ccccc5n6-c5ccccc5)ccc4-c4ccccc4)c3)c21. The predicted molar refractivity (Wildman–Crippen MR) is 229 cm³/mol. The van der Waals surface area contributed by atoms with Gasteiger partial charge in [-0.1, -0.05) is 146 Å². The summed E-state index contributed by atoms with van der Waals surface area (Å²) in [4.78, 5) is 2.35. The molecule has 1 aromatic heterocycles. The minimum Gasteiger partial charge on any atom is -0.344 e. The Morgan fingerprint density at radius 1 is 0.481 bits per heavy atom. The van der Waals surface area contributed by atoms with E-state index in [-0.39, 0.29) is 0 Å². The number of aromatic nitrogens is 1. The average Bonchev–Trinajstić information content (AvgIpc) is 3.73. The van der Waals surface area contributed by atoms with Crippen LogP contribution in [0.2, 0.25) is 0 Å².